The van der Waals surface area contributed by atoms with Gasteiger partial charge in [0.05, 0.1) is 7.11 Å². The molecule has 0 saturated carbocycles. The van der Waals surface area contributed by atoms with Crippen LogP contribution in [0.1, 0.15) is 19.3 Å². The van der Waals surface area contributed by atoms with Gasteiger partial charge >= 0.3 is 5.97 Å². The number of thiophene rings is 1. The minimum absolute atomic E-state index is 0.103. The maximum absolute atomic E-state index is 12.6. The highest BCUT2D eigenvalue weighted by Crippen LogP contribution is 2.32. The fourth-order valence-electron chi connectivity index (χ4n) is 3.07. The molecule has 1 aromatic heterocycles. The number of ether oxygens (including phenoxy) is 1. The topological polar surface area (TPSA) is 95.9 Å². The second kappa shape index (κ2) is 8.39. The van der Waals surface area contributed by atoms with Crippen LogP contribution >= 0.6 is 11.3 Å². The number of carboxylic acid groups (broad SMARTS) is 1. The predicted molar refractivity (Wildman–Crippen MR) is 103 cm³/mol. The summed E-state index contributed by atoms with van der Waals surface area (Å²) in [4.78, 5) is 14.3. The number of methoxy groups -OCH3 is 1. The lowest BCUT2D eigenvalue weighted by Crippen LogP contribution is -2.46. The van der Waals surface area contributed by atoms with Gasteiger partial charge in [0, 0.05) is 24.4 Å². The molecule has 1 saturated heterocycles. The Balaban J connectivity index is 1.64. The van der Waals surface area contributed by atoms with E-state index < -0.39 is 16.0 Å². The summed E-state index contributed by atoms with van der Waals surface area (Å²) in [5.74, 6) is 0.0430. The monoisotopic (exact) mass is 410 g/mol. The quantitative estimate of drug-likeness (QED) is 0.729. The standard InChI is InChI=1S/C18H22N2O5S2/c1-25-15-4-2-14(3-5-15)16-6-7-18(26-16)27(23,24)19-20-10-8-13(9-11-20)12-17(21)22/h2-7,13,19H,8-12H2,1H3,(H,21,22). The zero-order chi connectivity index (χ0) is 19.4. The van der Waals surface area contributed by atoms with Gasteiger partial charge in [-0.3, -0.25) is 4.79 Å². The molecule has 2 aromatic rings. The first-order valence-corrected chi connectivity index (χ1v) is 10.9. The van der Waals surface area contributed by atoms with Gasteiger partial charge in [0.25, 0.3) is 10.0 Å². The van der Waals surface area contributed by atoms with Gasteiger partial charge in [-0.15, -0.1) is 16.2 Å². The zero-order valence-electron chi connectivity index (χ0n) is 14.9. The average Bonchev–Trinajstić information content (AvgIpc) is 3.14. The lowest BCUT2D eigenvalue weighted by Gasteiger charge is -2.30. The van der Waals surface area contributed by atoms with Crippen molar-refractivity contribution in [3.05, 3.63) is 36.4 Å². The van der Waals surface area contributed by atoms with Crippen molar-refractivity contribution in [3.63, 3.8) is 0 Å². The third-order valence-corrected chi connectivity index (χ3v) is 7.55. The van der Waals surface area contributed by atoms with Gasteiger partial charge in [-0.25, -0.2) is 13.4 Å². The summed E-state index contributed by atoms with van der Waals surface area (Å²) in [5.41, 5.74) is 0.928. The summed E-state index contributed by atoms with van der Waals surface area (Å²) >= 11 is 1.21. The van der Waals surface area contributed by atoms with E-state index in [2.05, 4.69) is 4.83 Å². The molecule has 1 fully saturated rings. The predicted octanol–water partition coefficient (Wildman–Crippen LogP) is 2.80. The highest BCUT2D eigenvalue weighted by atomic mass is 32.2. The molecule has 1 aliphatic heterocycles. The number of hydrogen-bond acceptors (Lipinski definition) is 6. The smallest absolute Gasteiger partial charge is 0.303 e. The molecule has 0 atom stereocenters. The molecule has 1 aliphatic rings. The Kier molecular flexibility index (Phi) is 6.15. The summed E-state index contributed by atoms with van der Waals surface area (Å²) in [6.45, 7) is 1.02. The Morgan fingerprint density at radius 1 is 1.22 bits per heavy atom. The van der Waals surface area contributed by atoms with E-state index in [0.717, 1.165) is 16.2 Å². The fraction of sp³-hybridized carbons (Fsp3) is 0.389. The molecule has 0 spiro atoms. The molecule has 2 N–H and O–H groups in total. The first-order chi connectivity index (χ1) is 12.9. The average molecular weight is 411 g/mol. The van der Waals surface area contributed by atoms with E-state index in [1.54, 1.807) is 24.3 Å². The Morgan fingerprint density at radius 2 is 1.89 bits per heavy atom. The van der Waals surface area contributed by atoms with E-state index in [4.69, 9.17) is 9.84 Å². The molecule has 1 aromatic carbocycles. The number of sulfonamides is 1. The number of nitrogens with zero attached hydrogens (tertiary/aromatic N) is 1. The number of carbonyl (C=O) groups is 1. The van der Waals surface area contributed by atoms with Crippen LogP contribution in [0.25, 0.3) is 10.4 Å². The van der Waals surface area contributed by atoms with E-state index >= 15 is 0 Å². The Hall–Kier alpha value is -1.94. The lowest BCUT2D eigenvalue weighted by molar-refractivity contribution is -0.138. The molecule has 0 unspecified atom stereocenters. The Bertz CT molecular complexity index is 885. The van der Waals surface area contributed by atoms with E-state index in [1.807, 2.05) is 24.3 Å². The van der Waals surface area contributed by atoms with Crippen LogP contribution in [0.5, 0.6) is 5.75 Å². The largest absolute Gasteiger partial charge is 0.497 e. The van der Waals surface area contributed by atoms with Crippen molar-refractivity contribution in [2.45, 2.75) is 23.5 Å². The summed E-state index contributed by atoms with van der Waals surface area (Å²) in [6, 6.07) is 10.8. The summed E-state index contributed by atoms with van der Waals surface area (Å²) < 4.78 is 30.7. The van der Waals surface area contributed by atoms with Crippen LogP contribution in [-0.4, -0.2) is 44.7 Å². The Labute approximate surface area is 162 Å². The molecule has 146 valence electrons. The number of hydrazine groups is 1. The van der Waals surface area contributed by atoms with Crippen molar-refractivity contribution in [1.82, 2.24) is 9.84 Å². The summed E-state index contributed by atoms with van der Waals surface area (Å²) in [6.07, 6.45) is 1.46. The third kappa shape index (κ3) is 5.07. The molecule has 2 heterocycles. The van der Waals surface area contributed by atoms with Crippen molar-refractivity contribution in [1.29, 1.82) is 0 Å². The zero-order valence-corrected chi connectivity index (χ0v) is 16.6. The van der Waals surface area contributed by atoms with Crippen LogP contribution in [0.2, 0.25) is 0 Å². The molecule has 9 heteroatoms. The normalized spacial score (nSPS) is 16.3. The van der Waals surface area contributed by atoms with E-state index in [-0.39, 0.29) is 16.5 Å². The number of carboxylic acids is 1. The van der Waals surface area contributed by atoms with Crippen molar-refractivity contribution < 1.29 is 23.1 Å². The lowest BCUT2D eigenvalue weighted by atomic mass is 9.94. The molecular formula is C18H22N2O5S2. The summed E-state index contributed by atoms with van der Waals surface area (Å²) in [5, 5.41) is 10.5. The van der Waals surface area contributed by atoms with Gasteiger partial charge in [-0.1, -0.05) is 0 Å². The van der Waals surface area contributed by atoms with Gasteiger partial charge in [0.2, 0.25) is 0 Å². The van der Waals surface area contributed by atoms with Crippen molar-refractivity contribution in [2.75, 3.05) is 20.2 Å². The maximum Gasteiger partial charge on any atom is 0.303 e. The number of benzene rings is 1. The molecule has 27 heavy (non-hydrogen) atoms. The van der Waals surface area contributed by atoms with Crippen LogP contribution in [0.4, 0.5) is 0 Å². The number of aliphatic carboxylic acids is 1. The van der Waals surface area contributed by atoms with Crippen LogP contribution < -0.4 is 9.57 Å². The SMILES string of the molecule is COc1ccc(-c2ccc(S(=O)(=O)NN3CCC(CC(=O)O)CC3)s2)cc1. The van der Waals surface area contributed by atoms with Crippen molar-refractivity contribution in [3.8, 4) is 16.2 Å². The van der Waals surface area contributed by atoms with Crippen LogP contribution in [-0.2, 0) is 14.8 Å². The third-order valence-electron chi connectivity index (χ3n) is 4.55. The summed E-state index contributed by atoms with van der Waals surface area (Å²) in [7, 11) is -2.05. The number of rotatable bonds is 7. The van der Waals surface area contributed by atoms with Crippen molar-refractivity contribution >= 4 is 27.3 Å². The van der Waals surface area contributed by atoms with Gasteiger partial charge in [0.1, 0.15) is 9.96 Å². The van der Waals surface area contributed by atoms with E-state index in [1.165, 1.54) is 11.3 Å². The molecule has 0 radical (unpaired) electrons. The highest BCUT2D eigenvalue weighted by molar-refractivity contribution is 7.91. The molecule has 0 aliphatic carbocycles. The van der Waals surface area contributed by atoms with E-state index in [0.29, 0.717) is 25.9 Å². The minimum atomic E-state index is -3.65. The highest BCUT2D eigenvalue weighted by Gasteiger charge is 2.26. The van der Waals surface area contributed by atoms with Gasteiger partial charge in [-0.2, -0.15) is 0 Å². The molecule has 0 amide bonds. The minimum Gasteiger partial charge on any atom is -0.497 e. The van der Waals surface area contributed by atoms with Gasteiger partial charge in [0.15, 0.2) is 0 Å². The fourth-order valence-corrected chi connectivity index (χ4v) is 5.49. The van der Waals surface area contributed by atoms with Gasteiger partial charge < -0.3 is 9.84 Å². The molecule has 0 bridgehead atoms. The molecular weight excluding hydrogens is 388 g/mol. The maximum atomic E-state index is 12.6. The van der Waals surface area contributed by atoms with Crippen LogP contribution in [0.15, 0.2) is 40.6 Å². The first-order valence-electron chi connectivity index (χ1n) is 8.61. The van der Waals surface area contributed by atoms with Crippen LogP contribution in [0, 0.1) is 5.92 Å². The second-order valence-corrected chi connectivity index (χ2v) is 9.44. The molecule has 7 nitrogen and oxygen atoms in total. The molecule has 3 rings (SSSR count). The number of nitrogens with one attached hydrogen (secondary N) is 1. The number of hydrogen-bond donors (Lipinski definition) is 2. The number of piperidine rings is 1. The Morgan fingerprint density at radius 3 is 2.48 bits per heavy atom. The van der Waals surface area contributed by atoms with E-state index in [9.17, 15) is 13.2 Å². The second-order valence-electron chi connectivity index (χ2n) is 6.47. The van der Waals surface area contributed by atoms with Crippen molar-refractivity contribution in [2.24, 2.45) is 5.92 Å². The first kappa shape index (κ1) is 19.8. The van der Waals surface area contributed by atoms with Gasteiger partial charge in [-0.05, 0) is 60.7 Å². The van der Waals surface area contributed by atoms with Crippen LogP contribution in [0.3, 0.4) is 0 Å².